The molecule has 0 aliphatic heterocycles. The van der Waals surface area contributed by atoms with Gasteiger partial charge in [0, 0.05) is 6.42 Å². The smallest absolute Gasteiger partial charge is 0.220 e. The van der Waals surface area contributed by atoms with Gasteiger partial charge in [0.25, 0.3) is 0 Å². The lowest BCUT2D eigenvalue weighted by Gasteiger charge is -2.09. The second kappa shape index (κ2) is 7.71. The molecule has 3 nitrogen and oxygen atoms in total. The average molecular weight is 235 g/mol. The minimum Gasteiger partial charge on any atom is -0.491 e. The van der Waals surface area contributed by atoms with Gasteiger partial charge in [-0.1, -0.05) is 31.5 Å². The molecule has 0 bridgehead atoms. The van der Waals surface area contributed by atoms with Crippen molar-refractivity contribution >= 4 is 5.91 Å². The van der Waals surface area contributed by atoms with Crippen molar-refractivity contribution in [3.05, 3.63) is 29.8 Å². The van der Waals surface area contributed by atoms with Gasteiger partial charge in [-0.3, -0.25) is 4.79 Å². The van der Waals surface area contributed by atoms with Crippen molar-refractivity contribution < 1.29 is 9.53 Å². The van der Waals surface area contributed by atoms with E-state index in [1.807, 2.05) is 31.2 Å². The Bertz CT molecular complexity index is 350. The lowest BCUT2D eigenvalue weighted by Crippen LogP contribution is -2.27. The third-order valence-electron chi connectivity index (χ3n) is 2.53. The highest BCUT2D eigenvalue weighted by atomic mass is 16.5. The molecule has 1 amide bonds. The summed E-state index contributed by atoms with van der Waals surface area (Å²) >= 11 is 0. The summed E-state index contributed by atoms with van der Waals surface area (Å²) in [6.07, 6.45) is 2.61. The van der Waals surface area contributed by atoms with E-state index in [1.165, 1.54) is 0 Å². The molecule has 17 heavy (non-hydrogen) atoms. The number of unbranched alkanes of at least 4 members (excludes halogenated alkanes) is 1. The number of nitrogens with one attached hydrogen (secondary N) is 1. The molecule has 94 valence electrons. The summed E-state index contributed by atoms with van der Waals surface area (Å²) in [6.45, 7) is 5.17. The van der Waals surface area contributed by atoms with E-state index in [0.29, 0.717) is 19.6 Å². The molecule has 0 aliphatic rings. The maximum atomic E-state index is 11.3. The molecule has 0 aliphatic carbocycles. The Morgan fingerprint density at radius 1 is 1.35 bits per heavy atom. The third kappa shape index (κ3) is 5.38. The summed E-state index contributed by atoms with van der Waals surface area (Å²) < 4.78 is 5.58. The zero-order valence-electron chi connectivity index (χ0n) is 10.7. The molecule has 3 heteroatoms. The number of hydrogen-bond donors (Lipinski definition) is 1. The van der Waals surface area contributed by atoms with Crippen LogP contribution in [0.25, 0.3) is 0 Å². The quantitative estimate of drug-likeness (QED) is 0.738. The van der Waals surface area contributed by atoms with Crippen molar-refractivity contribution in [3.8, 4) is 5.75 Å². The van der Waals surface area contributed by atoms with Gasteiger partial charge in [-0.05, 0) is 25.0 Å². The number of amides is 1. The Hall–Kier alpha value is -1.51. The molecular formula is C14H21NO2. The van der Waals surface area contributed by atoms with Crippen LogP contribution in [0.1, 0.15) is 31.7 Å². The predicted molar refractivity (Wildman–Crippen MR) is 69.2 cm³/mol. The van der Waals surface area contributed by atoms with Crippen LogP contribution in [0.2, 0.25) is 0 Å². The van der Waals surface area contributed by atoms with Crippen LogP contribution in [0, 0.1) is 6.92 Å². The number of carbonyl (C=O) groups excluding carboxylic acids is 1. The van der Waals surface area contributed by atoms with Crippen LogP contribution in [0.15, 0.2) is 24.3 Å². The normalized spacial score (nSPS) is 10.0. The molecule has 0 saturated carbocycles. The molecule has 0 saturated heterocycles. The highest BCUT2D eigenvalue weighted by Crippen LogP contribution is 2.15. The first-order valence-corrected chi connectivity index (χ1v) is 6.19. The van der Waals surface area contributed by atoms with Crippen molar-refractivity contribution in [2.75, 3.05) is 13.2 Å². The summed E-state index contributed by atoms with van der Waals surface area (Å²) in [6, 6.07) is 7.88. The minimum absolute atomic E-state index is 0.111. The van der Waals surface area contributed by atoms with Gasteiger partial charge in [-0.15, -0.1) is 0 Å². The number of aryl methyl sites for hydroxylation is 1. The first-order valence-electron chi connectivity index (χ1n) is 6.19. The van der Waals surface area contributed by atoms with Crippen molar-refractivity contribution in [2.45, 2.75) is 33.1 Å². The minimum atomic E-state index is 0.111. The summed E-state index contributed by atoms with van der Waals surface area (Å²) in [5.74, 6) is 0.996. The molecule has 0 unspecified atom stereocenters. The van der Waals surface area contributed by atoms with Gasteiger partial charge in [-0.2, -0.15) is 0 Å². The van der Waals surface area contributed by atoms with Crippen molar-refractivity contribution in [3.63, 3.8) is 0 Å². The lowest BCUT2D eigenvalue weighted by molar-refractivity contribution is -0.121. The van der Waals surface area contributed by atoms with Crippen LogP contribution >= 0.6 is 0 Å². The van der Waals surface area contributed by atoms with Crippen LogP contribution in [-0.2, 0) is 4.79 Å². The monoisotopic (exact) mass is 235 g/mol. The second-order valence-corrected chi connectivity index (χ2v) is 4.07. The van der Waals surface area contributed by atoms with Gasteiger partial charge < -0.3 is 10.1 Å². The maximum Gasteiger partial charge on any atom is 0.220 e. The van der Waals surface area contributed by atoms with E-state index in [2.05, 4.69) is 12.2 Å². The standard InChI is InChI=1S/C14H21NO2/c1-3-4-9-14(16)15-10-11-17-13-8-6-5-7-12(13)2/h5-8H,3-4,9-11H2,1-2H3,(H,15,16). The first-order chi connectivity index (χ1) is 8.24. The molecule has 0 atom stereocenters. The molecule has 0 radical (unpaired) electrons. The summed E-state index contributed by atoms with van der Waals surface area (Å²) in [7, 11) is 0. The van der Waals surface area contributed by atoms with Crippen LogP contribution in [0.4, 0.5) is 0 Å². The van der Waals surface area contributed by atoms with E-state index in [0.717, 1.165) is 24.2 Å². The van der Waals surface area contributed by atoms with Gasteiger partial charge >= 0.3 is 0 Å². The number of para-hydroxylation sites is 1. The van der Waals surface area contributed by atoms with E-state index < -0.39 is 0 Å². The zero-order valence-corrected chi connectivity index (χ0v) is 10.7. The van der Waals surface area contributed by atoms with Crippen LogP contribution in [0.3, 0.4) is 0 Å². The first kappa shape index (κ1) is 13.6. The Balaban J connectivity index is 2.16. The Kier molecular flexibility index (Phi) is 6.15. The fourth-order valence-electron chi connectivity index (χ4n) is 1.50. The molecule has 0 spiro atoms. The van der Waals surface area contributed by atoms with Crippen molar-refractivity contribution in [1.29, 1.82) is 0 Å². The van der Waals surface area contributed by atoms with E-state index in [9.17, 15) is 4.79 Å². The fourth-order valence-corrected chi connectivity index (χ4v) is 1.50. The number of ether oxygens (including phenoxy) is 1. The molecule has 1 N–H and O–H groups in total. The number of carbonyl (C=O) groups is 1. The molecular weight excluding hydrogens is 214 g/mol. The zero-order chi connectivity index (χ0) is 12.5. The van der Waals surface area contributed by atoms with Gasteiger partial charge in [0.2, 0.25) is 5.91 Å². The van der Waals surface area contributed by atoms with E-state index in [4.69, 9.17) is 4.74 Å². The molecule has 0 fully saturated rings. The van der Waals surface area contributed by atoms with Crippen LogP contribution < -0.4 is 10.1 Å². The number of rotatable bonds is 7. The van der Waals surface area contributed by atoms with Crippen molar-refractivity contribution in [1.82, 2.24) is 5.32 Å². The van der Waals surface area contributed by atoms with E-state index in [-0.39, 0.29) is 5.91 Å². The van der Waals surface area contributed by atoms with E-state index in [1.54, 1.807) is 0 Å². The van der Waals surface area contributed by atoms with Crippen LogP contribution in [0.5, 0.6) is 5.75 Å². The highest BCUT2D eigenvalue weighted by Gasteiger charge is 2.00. The van der Waals surface area contributed by atoms with E-state index >= 15 is 0 Å². The summed E-state index contributed by atoms with van der Waals surface area (Å²) in [5, 5.41) is 2.84. The lowest BCUT2D eigenvalue weighted by atomic mass is 10.2. The SMILES string of the molecule is CCCCC(=O)NCCOc1ccccc1C. The number of benzene rings is 1. The molecule has 1 aromatic rings. The second-order valence-electron chi connectivity index (χ2n) is 4.07. The Morgan fingerprint density at radius 3 is 2.82 bits per heavy atom. The Labute approximate surface area is 103 Å². The third-order valence-corrected chi connectivity index (χ3v) is 2.53. The van der Waals surface area contributed by atoms with Gasteiger partial charge in [0.05, 0.1) is 6.54 Å². The highest BCUT2D eigenvalue weighted by molar-refractivity contribution is 5.75. The molecule has 0 aromatic heterocycles. The largest absolute Gasteiger partial charge is 0.491 e. The molecule has 1 aromatic carbocycles. The van der Waals surface area contributed by atoms with Crippen molar-refractivity contribution in [2.24, 2.45) is 0 Å². The predicted octanol–water partition coefficient (Wildman–Crippen LogP) is 2.68. The van der Waals surface area contributed by atoms with Gasteiger partial charge in [0.1, 0.15) is 12.4 Å². The van der Waals surface area contributed by atoms with Gasteiger partial charge in [-0.25, -0.2) is 0 Å². The average Bonchev–Trinajstić information content (AvgIpc) is 2.34. The topological polar surface area (TPSA) is 38.3 Å². The summed E-state index contributed by atoms with van der Waals surface area (Å²) in [4.78, 5) is 11.3. The van der Waals surface area contributed by atoms with Crippen LogP contribution in [-0.4, -0.2) is 19.1 Å². The summed E-state index contributed by atoms with van der Waals surface area (Å²) in [5.41, 5.74) is 1.12. The fraction of sp³-hybridized carbons (Fsp3) is 0.500. The molecule has 0 heterocycles. The Morgan fingerprint density at radius 2 is 2.12 bits per heavy atom. The maximum absolute atomic E-state index is 11.3. The number of hydrogen-bond acceptors (Lipinski definition) is 2. The van der Waals surface area contributed by atoms with Gasteiger partial charge in [0.15, 0.2) is 0 Å². The molecule has 1 rings (SSSR count).